The molecule has 0 bridgehead atoms. The lowest BCUT2D eigenvalue weighted by atomic mass is 10.0. The molecule has 0 saturated carbocycles. The van der Waals surface area contributed by atoms with Gasteiger partial charge in [0.1, 0.15) is 5.75 Å². The Morgan fingerprint density at radius 3 is 2.52 bits per heavy atom. The van der Waals surface area contributed by atoms with Crippen molar-refractivity contribution in [1.29, 1.82) is 0 Å². The van der Waals surface area contributed by atoms with E-state index in [1.807, 2.05) is 25.1 Å². The largest absolute Gasteiger partial charge is 0.573 e. The van der Waals surface area contributed by atoms with E-state index in [1.165, 1.54) is 19.2 Å². The number of carbonyl (C=O) groups excluding carboxylic acids is 1. The first-order valence-corrected chi connectivity index (χ1v) is 10.4. The highest BCUT2D eigenvalue weighted by atomic mass is 79.9. The van der Waals surface area contributed by atoms with Crippen LogP contribution in [0.15, 0.2) is 40.9 Å². The second-order valence-corrected chi connectivity index (χ2v) is 7.78. The number of esters is 1. The van der Waals surface area contributed by atoms with Gasteiger partial charge in [0.2, 0.25) is 0 Å². The number of aryl methyl sites for hydroxylation is 2. The number of alkyl halides is 3. The highest BCUT2D eigenvalue weighted by Crippen LogP contribution is 2.35. The summed E-state index contributed by atoms with van der Waals surface area (Å²) in [4.78, 5) is 11.3. The van der Waals surface area contributed by atoms with Gasteiger partial charge in [-0.3, -0.25) is 4.79 Å². The molecule has 170 valence electrons. The number of rotatable bonds is 10. The maximum Gasteiger partial charge on any atom is 0.573 e. The third-order valence-electron chi connectivity index (χ3n) is 4.39. The zero-order chi connectivity index (χ0) is 23.0. The molecule has 0 heterocycles. The number of carbonyl (C=O) groups is 1. The van der Waals surface area contributed by atoms with E-state index in [0.29, 0.717) is 36.1 Å². The van der Waals surface area contributed by atoms with Crippen molar-refractivity contribution in [3.05, 3.63) is 52.0 Å². The number of hydrogen-bond acceptors (Lipinski definition) is 5. The molecule has 2 rings (SSSR count). The number of hydrogen-bond donors (Lipinski definition) is 0. The number of methoxy groups -OCH3 is 1. The van der Waals surface area contributed by atoms with Gasteiger partial charge in [-0.15, -0.1) is 13.2 Å². The van der Waals surface area contributed by atoms with Gasteiger partial charge in [0.25, 0.3) is 0 Å². The third kappa shape index (κ3) is 8.69. The van der Waals surface area contributed by atoms with E-state index in [1.54, 1.807) is 13.0 Å². The van der Waals surface area contributed by atoms with Crippen LogP contribution in [-0.2, 0) is 16.0 Å². The molecule has 2 aromatic rings. The summed E-state index contributed by atoms with van der Waals surface area (Å²) in [5.41, 5.74) is 2.02. The predicted molar refractivity (Wildman–Crippen MR) is 113 cm³/mol. The van der Waals surface area contributed by atoms with Crippen LogP contribution in [0.1, 0.15) is 30.9 Å². The minimum Gasteiger partial charge on any atom is -0.493 e. The molecule has 0 N–H and O–H groups in total. The van der Waals surface area contributed by atoms with E-state index in [9.17, 15) is 18.0 Å². The highest BCUT2D eigenvalue weighted by Gasteiger charge is 2.32. The number of ether oxygens (including phenoxy) is 4. The zero-order valence-corrected chi connectivity index (χ0v) is 19.0. The molecule has 0 spiro atoms. The van der Waals surface area contributed by atoms with Crippen molar-refractivity contribution in [3.63, 3.8) is 0 Å². The van der Waals surface area contributed by atoms with E-state index in [4.69, 9.17) is 9.47 Å². The second-order valence-electron chi connectivity index (χ2n) is 6.87. The summed E-state index contributed by atoms with van der Waals surface area (Å²) in [5, 5.41) is 0. The number of benzene rings is 2. The van der Waals surface area contributed by atoms with Gasteiger partial charge in [-0.05, 0) is 61.7 Å². The quantitative estimate of drug-likeness (QED) is 0.371. The Kier molecular flexibility index (Phi) is 9.03. The summed E-state index contributed by atoms with van der Waals surface area (Å²) in [5.74, 6) is -0.00817. The average Bonchev–Trinajstić information content (AvgIpc) is 2.68. The first-order valence-electron chi connectivity index (χ1n) is 9.58. The molecule has 0 aliphatic carbocycles. The van der Waals surface area contributed by atoms with Crippen LogP contribution in [0.5, 0.6) is 17.2 Å². The van der Waals surface area contributed by atoms with Gasteiger partial charge in [-0.2, -0.15) is 0 Å². The molecule has 2 aromatic carbocycles. The van der Waals surface area contributed by atoms with Crippen molar-refractivity contribution in [3.8, 4) is 17.2 Å². The summed E-state index contributed by atoms with van der Waals surface area (Å²) in [6.45, 7) is 3.99. The lowest BCUT2D eigenvalue weighted by molar-refractivity contribution is -0.275. The van der Waals surface area contributed by atoms with Crippen LogP contribution in [0, 0.1) is 6.92 Å². The summed E-state index contributed by atoms with van der Waals surface area (Å²) >= 11 is 3.12. The van der Waals surface area contributed by atoms with Gasteiger partial charge in [-0.25, -0.2) is 0 Å². The smallest absolute Gasteiger partial charge is 0.493 e. The summed E-state index contributed by atoms with van der Waals surface area (Å²) in [6.07, 6.45) is -3.88. The summed E-state index contributed by atoms with van der Waals surface area (Å²) in [6, 6.07) is 9.79. The van der Waals surface area contributed by atoms with Crippen LogP contribution >= 0.6 is 15.9 Å². The Hall–Kier alpha value is -2.42. The Labute approximate surface area is 187 Å². The van der Waals surface area contributed by atoms with Crippen molar-refractivity contribution >= 4 is 21.9 Å². The van der Waals surface area contributed by atoms with Crippen LogP contribution in [0.2, 0.25) is 0 Å². The van der Waals surface area contributed by atoms with Gasteiger partial charge in [-0.1, -0.05) is 22.0 Å². The molecule has 0 radical (unpaired) electrons. The maximum absolute atomic E-state index is 12.6. The Bertz CT molecular complexity index is 886. The van der Waals surface area contributed by atoms with Crippen molar-refractivity contribution in [2.45, 2.75) is 45.6 Å². The first kappa shape index (κ1) is 24.8. The molecule has 0 fully saturated rings. The fraction of sp³-hybridized carbons (Fsp3) is 0.409. The monoisotopic (exact) mass is 504 g/mol. The van der Waals surface area contributed by atoms with Crippen molar-refractivity contribution in [2.75, 3.05) is 13.7 Å². The number of halogens is 4. The van der Waals surface area contributed by atoms with Gasteiger partial charge in [0.15, 0.2) is 11.5 Å². The summed E-state index contributed by atoms with van der Waals surface area (Å²) in [7, 11) is 1.36. The standard InChI is InChI=1S/C22H24BrF3O5/c1-14-12-18(7-4-16(14)5-9-21(27)28-3)29-11-10-15(2)30-19-8-6-17(23)13-20(19)31-22(24,25)26/h4,6-8,12-13,15H,5,9-11H2,1-3H3/t15-/m1/s1. The Balaban J connectivity index is 1.88. The van der Waals surface area contributed by atoms with Crippen LogP contribution in [0.4, 0.5) is 13.2 Å². The average molecular weight is 505 g/mol. The molecular formula is C22H24BrF3O5. The van der Waals surface area contributed by atoms with Crippen molar-refractivity contribution in [2.24, 2.45) is 0 Å². The van der Waals surface area contributed by atoms with Gasteiger partial charge < -0.3 is 18.9 Å². The van der Waals surface area contributed by atoms with Crippen LogP contribution in [0.3, 0.4) is 0 Å². The molecule has 0 aromatic heterocycles. The topological polar surface area (TPSA) is 54.0 Å². The molecule has 0 amide bonds. The SMILES string of the molecule is COC(=O)CCc1ccc(OCC[C@@H](C)Oc2ccc(Br)cc2OC(F)(F)F)cc1C. The Morgan fingerprint density at radius 1 is 1.13 bits per heavy atom. The fourth-order valence-corrected chi connectivity index (χ4v) is 3.12. The van der Waals surface area contributed by atoms with Crippen molar-refractivity contribution < 1.29 is 36.9 Å². The maximum atomic E-state index is 12.6. The second kappa shape index (κ2) is 11.3. The van der Waals surface area contributed by atoms with E-state index in [-0.39, 0.29) is 11.7 Å². The van der Waals surface area contributed by atoms with Crippen LogP contribution in [-0.4, -0.2) is 32.2 Å². The molecule has 0 unspecified atom stereocenters. The Morgan fingerprint density at radius 2 is 1.87 bits per heavy atom. The molecule has 5 nitrogen and oxygen atoms in total. The summed E-state index contributed by atoms with van der Waals surface area (Å²) < 4.78 is 58.3. The van der Waals surface area contributed by atoms with E-state index < -0.39 is 18.2 Å². The first-order chi connectivity index (χ1) is 14.6. The molecular weight excluding hydrogens is 481 g/mol. The molecule has 31 heavy (non-hydrogen) atoms. The van der Waals surface area contributed by atoms with Gasteiger partial charge >= 0.3 is 12.3 Å². The van der Waals surface area contributed by atoms with E-state index in [2.05, 4.69) is 25.4 Å². The fourth-order valence-electron chi connectivity index (χ4n) is 2.78. The van der Waals surface area contributed by atoms with Gasteiger partial charge in [0, 0.05) is 17.3 Å². The normalized spacial score (nSPS) is 12.2. The van der Waals surface area contributed by atoms with Crippen molar-refractivity contribution in [1.82, 2.24) is 0 Å². The minimum absolute atomic E-state index is 0.00108. The van der Waals surface area contributed by atoms with Crippen LogP contribution < -0.4 is 14.2 Å². The molecule has 9 heteroatoms. The molecule has 0 aliphatic heterocycles. The van der Waals surface area contributed by atoms with Gasteiger partial charge in [0.05, 0.1) is 19.8 Å². The predicted octanol–water partition coefficient (Wildman–Crippen LogP) is 6.00. The molecule has 0 saturated heterocycles. The molecule has 1 atom stereocenters. The lowest BCUT2D eigenvalue weighted by Crippen LogP contribution is -2.20. The lowest BCUT2D eigenvalue weighted by Gasteiger charge is -2.19. The highest BCUT2D eigenvalue weighted by molar-refractivity contribution is 9.10. The molecule has 0 aliphatic rings. The third-order valence-corrected chi connectivity index (χ3v) is 4.89. The zero-order valence-electron chi connectivity index (χ0n) is 17.4. The van der Waals surface area contributed by atoms with E-state index in [0.717, 1.165) is 11.1 Å². The van der Waals surface area contributed by atoms with Crippen LogP contribution in [0.25, 0.3) is 0 Å². The minimum atomic E-state index is -4.81. The van der Waals surface area contributed by atoms with E-state index >= 15 is 0 Å².